The molecule has 2 fully saturated rings. The van der Waals surface area contributed by atoms with Crippen molar-refractivity contribution in [3.8, 4) is 0 Å². The molecule has 2 saturated heterocycles. The van der Waals surface area contributed by atoms with Crippen LogP contribution >= 0.6 is 0 Å². The van der Waals surface area contributed by atoms with Gasteiger partial charge < -0.3 is 14.7 Å². The first-order valence-corrected chi connectivity index (χ1v) is 4.38. The Kier molecular flexibility index (Phi) is 2.02. The average molecular weight is 171 g/mol. The Bertz CT molecular complexity index is 195. The Labute approximate surface area is 71.1 Å². The van der Waals surface area contributed by atoms with Crippen LogP contribution in [0, 0.1) is 0 Å². The van der Waals surface area contributed by atoms with Crippen LogP contribution in [0.25, 0.3) is 0 Å². The molecule has 0 saturated carbocycles. The van der Waals surface area contributed by atoms with Gasteiger partial charge in [-0.25, -0.2) is 0 Å². The molecular weight excluding hydrogens is 158 g/mol. The number of piperidine rings is 1. The molecule has 4 heteroatoms. The first-order valence-electron chi connectivity index (χ1n) is 4.38. The lowest BCUT2D eigenvalue weighted by Crippen LogP contribution is -2.55. The van der Waals surface area contributed by atoms with E-state index >= 15 is 0 Å². The summed E-state index contributed by atoms with van der Waals surface area (Å²) in [6, 6.07) is -0.0833. The highest BCUT2D eigenvalue weighted by atomic mass is 16.6. The molecule has 1 amide bonds. The van der Waals surface area contributed by atoms with Crippen LogP contribution in [0.2, 0.25) is 0 Å². The number of aliphatic hydroxyl groups is 1. The molecule has 12 heavy (non-hydrogen) atoms. The second-order valence-corrected chi connectivity index (χ2v) is 3.31. The molecule has 68 valence electrons. The third-order valence-corrected chi connectivity index (χ3v) is 2.56. The van der Waals surface area contributed by atoms with Gasteiger partial charge in [0.15, 0.2) is 6.29 Å². The SMILES string of the molecule is O=C1CCCC2C(O)OCCN12. The van der Waals surface area contributed by atoms with Crippen molar-refractivity contribution in [3.63, 3.8) is 0 Å². The fraction of sp³-hybridized carbons (Fsp3) is 0.875. The van der Waals surface area contributed by atoms with Crippen LogP contribution in [0.15, 0.2) is 0 Å². The Morgan fingerprint density at radius 1 is 1.58 bits per heavy atom. The van der Waals surface area contributed by atoms with E-state index in [9.17, 15) is 9.90 Å². The molecule has 2 rings (SSSR count). The zero-order valence-electron chi connectivity index (χ0n) is 6.90. The van der Waals surface area contributed by atoms with E-state index in [1.165, 1.54) is 0 Å². The summed E-state index contributed by atoms with van der Waals surface area (Å²) in [6.07, 6.45) is 1.61. The number of morpholine rings is 1. The Morgan fingerprint density at radius 2 is 2.42 bits per heavy atom. The van der Waals surface area contributed by atoms with Gasteiger partial charge in [-0.3, -0.25) is 4.79 Å². The van der Waals surface area contributed by atoms with Gasteiger partial charge in [-0.05, 0) is 12.8 Å². The normalized spacial score (nSPS) is 36.4. The summed E-state index contributed by atoms with van der Waals surface area (Å²) in [4.78, 5) is 13.1. The summed E-state index contributed by atoms with van der Waals surface area (Å²) >= 11 is 0. The molecule has 0 aromatic heterocycles. The zero-order chi connectivity index (χ0) is 8.55. The number of amides is 1. The minimum absolute atomic E-state index is 0.0833. The summed E-state index contributed by atoms with van der Waals surface area (Å²) in [5.74, 6) is 0.161. The van der Waals surface area contributed by atoms with Crippen LogP contribution in [0.4, 0.5) is 0 Å². The summed E-state index contributed by atoms with van der Waals surface area (Å²) < 4.78 is 5.06. The highest BCUT2D eigenvalue weighted by molar-refractivity contribution is 5.77. The minimum atomic E-state index is -0.761. The third-order valence-electron chi connectivity index (χ3n) is 2.56. The molecule has 2 atom stereocenters. The molecule has 2 unspecified atom stereocenters. The monoisotopic (exact) mass is 171 g/mol. The fourth-order valence-electron chi connectivity index (χ4n) is 1.92. The van der Waals surface area contributed by atoms with Gasteiger partial charge in [-0.2, -0.15) is 0 Å². The van der Waals surface area contributed by atoms with Crippen LogP contribution in [-0.2, 0) is 9.53 Å². The third kappa shape index (κ3) is 1.21. The number of nitrogens with zero attached hydrogens (tertiary/aromatic N) is 1. The number of carbonyl (C=O) groups is 1. The van der Waals surface area contributed by atoms with Gasteiger partial charge in [0.25, 0.3) is 0 Å². The summed E-state index contributed by atoms with van der Waals surface area (Å²) in [6.45, 7) is 1.10. The van der Waals surface area contributed by atoms with Gasteiger partial charge in [0.2, 0.25) is 5.91 Å². The molecule has 0 spiro atoms. The van der Waals surface area contributed by atoms with Crippen molar-refractivity contribution in [1.29, 1.82) is 0 Å². The van der Waals surface area contributed by atoms with Crippen molar-refractivity contribution in [2.24, 2.45) is 0 Å². The lowest BCUT2D eigenvalue weighted by Gasteiger charge is -2.41. The molecule has 0 aromatic rings. The molecule has 0 bridgehead atoms. The van der Waals surface area contributed by atoms with Crippen molar-refractivity contribution in [2.75, 3.05) is 13.2 Å². The highest BCUT2D eigenvalue weighted by Crippen LogP contribution is 2.23. The molecule has 0 aromatic carbocycles. The van der Waals surface area contributed by atoms with E-state index in [-0.39, 0.29) is 11.9 Å². The number of carbonyl (C=O) groups excluding carboxylic acids is 1. The number of fused-ring (bicyclic) bond motifs is 1. The van der Waals surface area contributed by atoms with Crippen LogP contribution in [-0.4, -0.2) is 41.4 Å². The van der Waals surface area contributed by atoms with E-state index in [0.717, 1.165) is 12.8 Å². The van der Waals surface area contributed by atoms with Crippen LogP contribution < -0.4 is 0 Å². The summed E-state index contributed by atoms with van der Waals surface area (Å²) in [5.41, 5.74) is 0. The summed E-state index contributed by atoms with van der Waals surface area (Å²) in [5, 5.41) is 9.41. The highest BCUT2D eigenvalue weighted by Gasteiger charge is 2.36. The van der Waals surface area contributed by atoms with E-state index in [2.05, 4.69) is 0 Å². The molecule has 1 N–H and O–H groups in total. The van der Waals surface area contributed by atoms with Crippen LogP contribution in [0.3, 0.4) is 0 Å². The van der Waals surface area contributed by atoms with Crippen molar-refractivity contribution in [3.05, 3.63) is 0 Å². The first kappa shape index (κ1) is 8.01. The predicted octanol–water partition coefficient (Wildman–Crippen LogP) is -0.284. The molecular formula is C8H13NO3. The zero-order valence-corrected chi connectivity index (χ0v) is 6.90. The lowest BCUT2D eigenvalue weighted by molar-refractivity contribution is -0.193. The van der Waals surface area contributed by atoms with Gasteiger partial charge >= 0.3 is 0 Å². The molecule has 2 aliphatic rings. The molecule has 2 heterocycles. The van der Waals surface area contributed by atoms with E-state index in [1.807, 2.05) is 0 Å². The van der Waals surface area contributed by atoms with Gasteiger partial charge in [-0.15, -0.1) is 0 Å². The number of rotatable bonds is 0. The number of aliphatic hydroxyl groups excluding tert-OH is 1. The molecule has 0 aliphatic carbocycles. The predicted molar refractivity (Wildman–Crippen MR) is 41.3 cm³/mol. The lowest BCUT2D eigenvalue weighted by atomic mass is 10.0. The Hall–Kier alpha value is -0.610. The van der Waals surface area contributed by atoms with Crippen LogP contribution in [0.1, 0.15) is 19.3 Å². The first-order chi connectivity index (χ1) is 5.79. The standard InChI is InChI=1S/C8H13NO3/c10-7-3-1-2-6-8(11)12-5-4-9(6)7/h6,8,11H,1-5H2. The van der Waals surface area contributed by atoms with Gasteiger partial charge in [0.1, 0.15) is 0 Å². The maximum Gasteiger partial charge on any atom is 0.223 e. The van der Waals surface area contributed by atoms with Gasteiger partial charge in [0.05, 0.1) is 12.6 Å². The number of hydrogen-bond acceptors (Lipinski definition) is 3. The number of ether oxygens (including phenoxy) is 1. The summed E-state index contributed by atoms with van der Waals surface area (Å²) in [7, 11) is 0. The van der Waals surface area contributed by atoms with Crippen molar-refractivity contribution in [1.82, 2.24) is 4.90 Å². The largest absolute Gasteiger partial charge is 0.366 e. The fourth-order valence-corrected chi connectivity index (χ4v) is 1.92. The Morgan fingerprint density at radius 3 is 3.17 bits per heavy atom. The second kappa shape index (κ2) is 3.03. The van der Waals surface area contributed by atoms with Crippen molar-refractivity contribution >= 4 is 5.91 Å². The molecule has 0 radical (unpaired) electrons. The van der Waals surface area contributed by atoms with E-state index in [4.69, 9.17) is 4.74 Å². The average Bonchev–Trinajstić information content (AvgIpc) is 2.07. The number of hydrogen-bond donors (Lipinski definition) is 1. The topological polar surface area (TPSA) is 49.8 Å². The molecule has 4 nitrogen and oxygen atoms in total. The van der Waals surface area contributed by atoms with Crippen molar-refractivity contribution < 1.29 is 14.6 Å². The Balaban J connectivity index is 2.10. The second-order valence-electron chi connectivity index (χ2n) is 3.31. The van der Waals surface area contributed by atoms with Crippen molar-refractivity contribution in [2.45, 2.75) is 31.6 Å². The van der Waals surface area contributed by atoms with Gasteiger partial charge in [-0.1, -0.05) is 0 Å². The van der Waals surface area contributed by atoms with E-state index < -0.39 is 6.29 Å². The van der Waals surface area contributed by atoms with Crippen LogP contribution in [0.5, 0.6) is 0 Å². The maximum absolute atomic E-state index is 11.3. The minimum Gasteiger partial charge on any atom is -0.366 e. The molecule has 2 aliphatic heterocycles. The van der Waals surface area contributed by atoms with Gasteiger partial charge in [0, 0.05) is 13.0 Å². The maximum atomic E-state index is 11.3. The smallest absolute Gasteiger partial charge is 0.223 e. The van der Waals surface area contributed by atoms with E-state index in [0.29, 0.717) is 19.6 Å². The quantitative estimate of drug-likeness (QED) is 0.545. The van der Waals surface area contributed by atoms with E-state index in [1.54, 1.807) is 4.90 Å².